The Labute approximate surface area is 136 Å². The summed E-state index contributed by atoms with van der Waals surface area (Å²) >= 11 is 0. The van der Waals surface area contributed by atoms with Gasteiger partial charge < -0.3 is 15.4 Å². The number of ether oxygens (including phenoxy) is 1. The summed E-state index contributed by atoms with van der Waals surface area (Å²) in [4.78, 5) is 8.66. The first kappa shape index (κ1) is 16.8. The fourth-order valence-corrected chi connectivity index (χ4v) is 1.94. The van der Waals surface area contributed by atoms with Gasteiger partial charge in [-0.25, -0.2) is 9.98 Å². The smallest absolute Gasteiger partial charge is 0.191 e. The normalized spacial score (nSPS) is 11.3. The highest BCUT2D eigenvalue weighted by Crippen LogP contribution is 2.07. The minimum Gasteiger partial charge on any atom is -0.494 e. The molecule has 0 radical (unpaired) electrons. The molecule has 23 heavy (non-hydrogen) atoms. The van der Waals surface area contributed by atoms with Crippen LogP contribution in [0.3, 0.4) is 0 Å². The van der Waals surface area contributed by atoms with Gasteiger partial charge in [0.25, 0.3) is 0 Å². The number of aryl methyl sites for hydroxylation is 1. The SMILES string of the molecule is CCNC(=NCc1ncnn1C)NCCCOc1ccccc1. The van der Waals surface area contributed by atoms with Crippen LogP contribution in [0, 0.1) is 0 Å². The van der Waals surface area contributed by atoms with E-state index in [4.69, 9.17) is 4.74 Å². The van der Waals surface area contributed by atoms with Crippen LogP contribution in [0.5, 0.6) is 5.75 Å². The van der Waals surface area contributed by atoms with Crippen molar-refractivity contribution < 1.29 is 4.74 Å². The quantitative estimate of drug-likeness (QED) is 0.437. The first-order valence-electron chi connectivity index (χ1n) is 7.82. The molecule has 124 valence electrons. The lowest BCUT2D eigenvalue weighted by Crippen LogP contribution is -2.38. The minimum absolute atomic E-state index is 0.492. The number of benzene rings is 1. The van der Waals surface area contributed by atoms with Crippen molar-refractivity contribution in [2.45, 2.75) is 19.9 Å². The molecule has 0 aliphatic rings. The minimum atomic E-state index is 0.492. The summed E-state index contributed by atoms with van der Waals surface area (Å²) in [6.07, 6.45) is 2.43. The van der Waals surface area contributed by atoms with Gasteiger partial charge in [-0.05, 0) is 25.5 Å². The van der Waals surface area contributed by atoms with E-state index in [1.54, 1.807) is 4.68 Å². The van der Waals surface area contributed by atoms with Crippen LogP contribution >= 0.6 is 0 Å². The van der Waals surface area contributed by atoms with Gasteiger partial charge in [0.2, 0.25) is 0 Å². The van der Waals surface area contributed by atoms with E-state index in [1.165, 1.54) is 6.33 Å². The van der Waals surface area contributed by atoms with Gasteiger partial charge in [-0.15, -0.1) is 0 Å². The molecule has 7 nitrogen and oxygen atoms in total. The summed E-state index contributed by atoms with van der Waals surface area (Å²) in [6.45, 7) is 4.80. The Hall–Kier alpha value is -2.57. The molecule has 0 saturated carbocycles. The van der Waals surface area contributed by atoms with Crippen LogP contribution < -0.4 is 15.4 Å². The molecule has 2 N–H and O–H groups in total. The third kappa shape index (κ3) is 5.98. The number of guanidine groups is 1. The number of hydrogen-bond donors (Lipinski definition) is 2. The lowest BCUT2D eigenvalue weighted by Gasteiger charge is -2.11. The van der Waals surface area contributed by atoms with Crippen LogP contribution in [0.25, 0.3) is 0 Å². The number of rotatable bonds is 8. The van der Waals surface area contributed by atoms with Gasteiger partial charge in [0, 0.05) is 20.1 Å². The molecular formula is C16H24N6O. The molecule has 0 bridgehead atoms. The molecule has 0 atom stereocenters. The molecule has 0 unspecified atom stereocenters. The topological polar surface area (TPSA) is 76.4 Å². The van der Waals surface area contributed by atoms with E-state index < -0.39 is 0 Å². The Morgan fingerprint density at radius 2 is 2.09 bits per heavy atom. The van der Waals surface area contributed by atoms with E-state index >= 15 is 0 Å². The second kappa shape index (κ2) is 9.45. The maximum atomic E-state index is 5.66. The van der Waals surface area contributed by atoms with E-state index in [2.05, 4.69) is 25.7 Å². The predicted molar refractivity (Wildman–Crippen MR) is 90.4 cm³/mol. The molecule has 0 amide bonds. The molecule has 0 aliphatic carbocycles. The van der Waals surface area contributed by atoms with Gasteiger partial charge in [0.05, 0.1) is 6.61 Å². The number of aromatic nitrogens is 3. The Balaban J connectivity index is 1.70. The van der Waals surface area contributed by atoms with Crippen LogP contribution in [0.2, 0.25) is 0 Å². The van der Waals surface area contributed by atoms with Crippen LogP contribution in [0.4, 0.5) is 0 Å². The van der Waals surface area contributed by atoms with E-state index in [0.29, 0.717) is 13.2 Å². The van der Waals surface area contributed by atoms with Crippen molar-refractivity contribution in [1.29, 1.82) is 0 Å². The third-order valence-electron chi connectivity index (χ3n) is 3.15. The van der Waals surface area contributed by atoms with Crippen LogP contribution in [-0.4, -0.2) is 40.4 Å². The second-order valence-electron chi connectivity index (χ2n) is 4.94. The predicted octanol–water partition coefficient (Wildman–Crippen LogP) is 1.34. The van der Waals surface area contributed by atoms with Gasteiger partial charge in [-0.1, -0.05) is 18.2 Å². The molecular weight excluding hydrogens is 292 g/mol. The average Bonchev–Trinajstić information content (AvgIpc) is 2.98. The first-order valence-corrected chi connectivity index (χ1v) is 7.82. The summed E-state index contributed by atoms with van der Waals surface area (Å²) < 4.78 is 7.38. The zero-order chi connectivity index (χ0) is 16.3. The highest BCUT2D eigenvalue weighted by Gasteiger charge is 2.01. The fourth-order valence-electron chi connectivity index (χ4n) is 1.94. The first-order chi connectivity index (χ1) is 11.3. The number of hydrogen-bond acceptors (Lipinski definition) is 4. The van der Waals surface area contributed by atoms with Crippen LogP contribution in [-0.2, 0) is 13.6 Å². The summed E-state index contributed by atoms with van der Waals surface area (Å²) in [5.74, 6) is 2.50. The molecule has 2 rings (SSSR count). The molecule has 1 aromatic heterocycles. The van der Waals surface area contributed by atoms with Crippen molar-refractivity contribution >= 4 is 5.96 Å². The molecule has 0 spiro atoms. The van der Waals surface area contributed by atoms with E-state index in [0.717, 1.165) is 37.0 Å². The summed E-state index contributed by atoms with van der Waals surface area (Å²) in [6, 6.07) is 9.83. The highest BCUT2D eigenvalue weighted by molar-refractivity contribution is 5.79. The number of nitrogens with zero attached hydrogens (tertiary/aromatic N) is 4. The van der Waals surface area contributed by atoms with Crippen molar-refractivity contribution in [3.05, 3.63) is 42.5 Å². The summed E-state index contributed by atoms with van der Waals surface area (Å²) in [5.41, 5.74) is 0. The maximum absolute atomic E-state index is 5.66. The molecule has 1 aromatic carbocycles. The van der Waals surface area contributed by atoms with E-state index in [-0.39, 0.29) is 0 Å². The van der Waals surface area contributed by atoms with Crippen molar-refractivity contribution in [3.8, 4) is 5.75 Å². The van der Waals surface area contributed by atoms with Gasteiger partial charge >= 0.3 is 0 Å². The van der Waals surface area contributed by atoms with Gasteiger partial charge in [0.1, 0.15) is 24.4 Å². The zero-order valence-electron chi connectivity index (χ0n) is 13.7. The number of aliphatic imine (C=N–C) groups is 1. The molecule has 7 heteroatoms. The van der Waals surface area contributed by atoms with E-state index in [1.807, 2.05) is 44.3 Å². The standard InChI is InChI=1S/C16H24N6O/c1-3-17-16(19-12-15-20-13-21-22(15)2)18-10-7-11-23-14-8-5-4-6-9-14/h4-6,8-9,13H,3,7,10-12H2,1-2H3,(H2,17,18,19). The second-order valence-corrected chi connectivity index (χ2v) is 4.94. The monoisotopic (exact) mass is 316 g/mol. The van der Waals surface area contributed by atoms with Crippen LogP contribution in [0.15, 0.2) is 41.7 Å². The van der Waals surface area contributed by atoms with Gasteiger partial charge in [-0.2, -0.15) is 5.10 Å². The number of para-hydroxylation sites is 1. The Morgan fingerprint density at radius 3 is 2.78 bits per heavy atom. The molecule has 0 fully saturated rings. The fraction of sp³-hybridized carbons (Fsp3) is 0.438. The molecule has 0 saturated heterocycles. The lowest BCUT2D eigenvalue weighted by atomic mass is 10.3. The van der Waals surface area contributed by atoms with Gasteiger partial charge in [0.15, 0.2) is 5.96 Å². The lowest BCUT2D eigenvalue weighted by molar-refractivity contribution is 0.311. The summed E-state index contributed by atoms with van der Waals surface area (Å²) in [5, 5.41) is 10.5. The van der Waals surface area contributed by atoms with E-state index in [9.17, 15) is 0 Å². The van der Waals surface area contributed by atoms with Crippen molar-refractivity contribution in [2.24, 2.45) is 12.0 Å². The molecule has 0 aliphatic heterocycles. The maximum Gasteiger partial charge on any atom is 0.191 e. The Bertz CT molecular complexity index is 596. The highest BCUT2D eigenvalue weighted by atomic mass is 16.5. The third-order valence-corrected chi connectivity index (χ3v) is 3.15. The Morgan fingerprint density at radius 1 is 1.26 bits per heavy atom. The number of nitrogens with one attached hydrogen (secondary N) is 2. The van der Waals surface area contributed by atoms with Crippen molar-refractivity contribution in [1.82, 2.24) is 25.4 Å². The van der Waals surface area contributed by atoms with Crippen molar-refractivity contribution in [2.75, 3.05) is 19.7 Å². The largest absolute Gasteiger partial charge is 0.494 e. The van der Waals surface area contributed by atoms with Gasteiger partial charge in [-0.3, -0.25) is 4.68 Å². The zero-order valence-corrected chi connectivity index (χ0v) is 13.7. The Kier molecular flexibility index (Phi) is 6.90. The summed E-state index contributed by atoms with van der Waals surface area (Å²) in [7, 11) is 1.86. The van der Waals surface area contributed by atoms with Crippen molar-refractivity contribution in [3.63, 3.8) is 0 Å². The average molecular weight is 316 g/mol. The molecule has 1 heterocycles. The van der Waals surface area contributed by atoms with Crippen LogP contribution in [0.1, 0.15) is 19.2 Å². The molecule has 2 aromatic rings.